The summed E-state index contributed by atoms with van der Waals surface area (Å²) in [7, 11) is 0. The lowest BCUT2D eigenvalue weighted by Gasteiger charge is -2.19. The maximum Gasteiger partial charge on any atom is 0.0967 e. The van der Waals surface area contributed by atoms with E-state index in [4.69, 9.17) is 0 Å². The van der Waals surface area contributed by atoms with E-state index in [1.54, 1.807) is 11.3 Å². The summed E-state index contributed by atoms with van der Waals surface area (Å²) in [6, 6.07) is 8.12. The van der Waals surface area contributed by atoms with Gasteiger partial charge in [-0.2, -0.15) is 0 Å². The third-order valence-corrected chi connectivity index (χ3v) is 4.08. The molecule has 16 heavy (non-hydrogen) atoms. The second kappa shape index (κ2) is 3.80. The Balaban J connectivity index is 1.89. The number of fused-ring (bicyclic) bond motifs is 1. The normalized spacial score (nSPS) is 25.3. The van der Waals surface area contributed by atoms with Crippen molar-refractivity contribution in [3.8, 4) is 0 Å². The van der Waals surface area contributed by atoms with E-state index in [0.717, 1.165) is 23.5 Å². The third kappa shape index (κ3) is 1.84. The molecule has 1 unspecified atom stereocenters. The third-order valence-electron chi connectivity index (χ3n) is 3.04. The highest BCUT2D eigenvalue weighted by Crippen LogP contribution is 2.27. The monoisotopic (exact) mass is 234 g/mol. The van der Waals surface area contributed by atoms with E-state index in [1.807, 2.05) is 18.2 Å². The Labute approximate surface area is 98.1 Å². The van der Waals surface area contributed by atoms with Gasteiger partial charge < -0.3 is 10.4 Å². The number of benzene rings is 1. The maximum absolute atomic E-state index is 10.3. The fourth-order valence-electron chi connectivity index (χ4n) is 2.16. The lowest BCUT2D eigenvalue weighted by atomic mass is 10.00. The molecule has 1 atom stereocenters. The van der Waals surface area contributed by atoms with Crippen molar-refractivity contribution in [2.24, 2.45) is 0 Å². The molecule has 2 heterocycles. The van der Waals surface area contributed by atoms with Gasteiger partial charge in [-0.1, -0.05) is 12.1 Å². The van der Waals surface area contributed by atoms with Crippen LogP contribution in [0.25, 0.3) is 10.2 Å². The maximum atomic E-state index is 10.3. The number of nitrogens with zero attached hydrogens (tertiary/aromatic N) is 1. The molecule has 0 amide bonds. The first kappa shape index (κ1) is 10.2. The van der Waals surface area contributed by atoms with E-state index < -0.39 is 5.60 Å². The van der Waals surface area contributed by atoms with Crippen LogP contribution in [0, 0.1) is 0 Å². The van der Waals surface area contributed by atoms with Crippen LogP contribution in [-0.4, -0.2) is 28.8 Å². The van der Waals surface area contributed by atoms with Crippen LogP contribution in [-0.2, 0) is 6.42 Å². The molecule has 1 saturated heterocycles. The Morgan fingerprint density at radius 1 is 1.44 bits per heavy atom. The minimum absolute atomic E-state index is 0.589. The quantitative estimate of drug-likeness (QED) is 0.829. The lowest BCUT2D eigenvalue weighted by Crippen LogP contribution is -2.33. The Morgan fingerprint density at radius 2 is 2.31 bits per heavy atom. The Morgan fingerprint density at radius 3 is 3.06 bits per heavy atom. The first-order valence-electron chi connectivity index (χ1n) is 5.53. The highest BCUT2D eigenvalue weighted by molar-refractivity contribution is 7.18. The van der Waals surface area contributed by atoms with Gasteiger partial charge in [0.05, 0.1) is 20.8 Å². The van der Waals surface area contributed by atoms with Crippen LogP contribution in [0.5, 0.6) is 0 Å². The molecule has 0 bridgehead atoms. The molecule has 3 rings (SSSR count). The van der Waals surface area contributed by atoms with Crippen LogP contribution in [0.3, 0.4) is 0 Å². The van der Waals surface area contributed by atoms with Gasteiger partial charge in [0.25, 0.3) is 0 Å². The van der Waals surface area contributed by atoms with Gasteiger partial charge in [0, 0.05) is 13.0 Å². The van der Waals surface area contributed by atoms with E-state index >= 15 is 0 Å². The van der Waals surface area contributed by atoms with Crippen molar-refractivity contribution in [1.82, 2.24) is 10.3 Å². The Bertz CT molecular complexity index is 469. The average Bonchev–Trinajstić information content (AvgIpc) is 2.84. The summed E-state index contributed by atoms with van der Waals surface area (Å²) in [5.41, 5.74) is 0.450. The number of para-hydroxylation sites is 1. The zero-order valence-electron chi connectivity index (χ0n) is 8.94. The van der Waals surface area contributed by atoms with Gasteiger partial charge in [0.1, 0.15) is 0 Å². The van der Waals surface area contributed by atoms with Gasteiger partial charge >= 0.3 is 0 Å². The number of hydrogen-bond donors (Lipinski definition) is 2. The molecule has 1 fully saturated rings. The molecule has 0 radical (unpaired) electrons. The highest BCUT2D eigenvalue weighted by Gasteiger charge is 2.32. The van der Waals surface area contributed by atoms with Gasteiger partial charge in [0.2, 0.25) is 0 Å². The molecule has 2 aromatic rings. The molecule has 4 heteroatoms. The number of aromatic nitrogens is 1. The zero-order valence-corrected chi connectivity index (χ0v) is 9.76. The smallest absolute Gasteiger partial charge is 0.0967 e. The molecule has 1 aromatic carbocycles. The minimum atomic E-state index is -0.589. The molecular formula is C12H14N2OS. The first-order chi connectivity index (χ1) is 7.75. The van der Waals surface area contributed by atoms with Crippen molar-refractivity contribution >= 4 is 21.6 Å². The summed E-state index contributed by atoms with van der Waals surface area (Å²) >= 11 is 1.68. The predicted octanol–water partition coefficient (Wildman–Crippen LogP) is 1.56. The highest BCUT2D eigenvalue weighted by atomic mass is 32.1. The molecule has 84 valence electrons. The molecule has 2 N–H and O–H groups in total. The van der Waals surface area contributed by atoms with Gasteiger partial charge in [-0.15, -0.1) is 11.3 Å². The number of nitrogens with one attached hydrogen (secondary N) is 1. The molecule has 1 aromatic heterocycles. The fourth-order valence-corrected chi connectivity index (χ4v) is 3.26. The van der Waals surface area contributed by atoms with E-state index in [9.17, 15) is 5.11 Å². The van der Waals surface area contributed by atoms with Crippen LogP contribution in [0.15, 0.2) is 24.3 Å². The first-order valence-corrected chi connectivity index (χ1v) is 6.34. The van der Waals surface area contributed by atoms with Crippen molar-refractivity contribution in [3.63, 3.8) is 0 Å². The van der Waals surface area contributed by atoms with Crippen molar-refractivity contribution < 1.29 is 5.11 Å². The summed E-state index contributed by atoms with van der Waals surface area (Å²) in [6.07, 6.45) is 1.49. The molecule has 1 aliphatic heterocycles. The topological polar surface area (TPSA) is 45.2 Å². The number of thiazole rings is 1. The average molecular weight is 234 g/mol. The van der Waals surface area contributed by atoms with Gasteiger partial charge in [-0.05, 0) is 25.1 Å². The molecule has 0 spiro atoms. The van der Waals surface area contributed by atoms with Crippen LogP contribution >= 0.6 is 11.3 Å². The van der Waals surface area contributed by atoms with E-state index in [0.29, 0.717) is 13.0 Å². The lowest BCUT2D eigenvalue weighted by molar-refractivity contribution is 0.0619. The molecular weight excluding hydrogens is 220 g/mol. The molecule has 0 aliphatic carbocycles. The van der Waals surface area contributed by atoms with Gasteiger partial charge in [0.15, 0.2) is 0 Å². The summed E-state index contributed by atoms with van der Waals surface area (Å²) in [5, 5.41) is 14.5. The number of rotatable bonds is 2. The SMILES string of the molecule is OC1(Cc2nc3ccccc3s2)CCNC1. The fraction of sp³-hybridized carbons (Fsp3) is 0.417. The number of aliphatic hydroxyl groups is 1. The van der Waals surface area contributed by atoms with Crippen molar-refractivity contribution in [1.29, 1.82) is 0 Å². The summed E-state index contributed by atoms with van der Waals surface area (Å²) < 4.78 is 1.20. The van der Waals surface area contributed by atoms with Crippen molar-refractivity contribution in [3.05, 3.63) is 29.3 Å². The van der Waals surface area contributed by atoms with Crippen molar-refractivity contribution in [2.45, 2.75) is 18.4 Å². The van der Waals surface area contributed by atoms with Gasteiger partial charge in [-0.25, -0.2) is 4.98 Å². The molecule has 3 nitrogen and oxygen atoms in total. The van der Waals surface area contributed by atoms with Gasteiger partial charge in [-0.3, -0.25) is 0 Å². The second-order valence-corrected chi connectivity index (χ2v) is 5.52. The number of hydrogen-bond acceptors (Lipinski definition) is 4. The van der Waals surface area contributed by atoms with Crippen LogP contribution in [0.4, 0.5) is 0 Å². The van der Waals surface area contributed by atoms with E-state index in [2.05, 4.69) is 16.4 Å². The summed E-state index contributed by atoms with van der Waals surface area (Å²) in [5.74, 6) is 0. The molecule has 1 aliphatic rings. The van der Waals surface area contributed by atoms with Crippen LogP contribution in [0.2, 0.25) is 0 Å². The van der Waals surface area contributed by atoms with Crippen LogP contribution in [0.1, 0.15) is 11.4 Å². The predicted molar refractivity (Wildman–Crippen MR) is 65.8 cm³/mol. The standard InChI is InChI=1S/C12H14N2OS/c15-12(5-6-13-8-12)7-11-14-9-3-1-2-4-10(9)16-11/h1-4,13,15H,5-8H2. The molecule has 0 saturated carbocycles. The van der Waals surface area contributed by atoms with Crippen LogP contribution < -0.4 is 5.32 Å². The second-order valence-electron chi connectivity index (χ2n) is 4.40. The Kier molecular flexibility index (Phi) is 2.42. The zero-order chi connectivity index (χ0) is 11.0. The number of β-amino-alcohol motifs (C(OH)–C–C–N with tert-alkyl or cyclic N) is 1. The summed E-state index contributed by atoms with van der Waals surface area (Å²) in [4.78, 5) is 4.55. The summed E-state index contributed by atoms with van der Waals surface area (Å²) in [6.45, 7) is 1.59. The largest absolute Gasteiger partial charge is 0.388 e. The van der Waals surface area contributed by atoms with E-state index in [-0.39, 0.29) is 0 Å². The Hall–Kier alpha value is -0.970. The minimum Gasteiger partial charge on any atom is -0.388 e. The van der Waals surface area contributed by atoms with Crippen molar-refractivity contribution in [2.75, 3.05) is 13.1 Å². The van der Waals surface area contributed by atoms with E-state index in [1.165, 1.54) is 4.70 Å².